The lowest BCUT2D eigenvalue weighted by Crippen LogP contribution is -2.38. The Morgan fingerprint density at radius 3 is 2.22 bits per heavy atom. The van der Waals surface area contributed by atoms with Gasteiger partial charge in [-0.05, 0) is 73.2 Å². The number of Topliss-reactive ketones (excluding diaryl/α,β-unsaturated/α-hetero) is 1. The maximum Gasteiger partial charge on any atom is 0.274 e. The number of piperidine rings is 1. The van der Waals surface area contributed by atoms with Crippen LogP contribution in [0.25, 0.3) is 11.3 Å². The predicted octanol–water partition coefficient (Wildman–Crippen LogP) is 7.43. The highest BCUT2D eigenvalue weighted by atomic mass is 35.5. The van der Waals surface area contributed by atoms with Crippen molar-refractivity contribution in [1.82, 2.24) is 15.1 Å². The van der Waals surface area contributed by atoms with Gasteiger partial charge in [0.2, 0.25) is 0 Å². The van der Waals surface area contributed by atoms with Gasteiger partial charge in [0.05, 0.1) is 10.7 Å². The lowest BCUT2D eigenvalue weighted by atomic mass is 9.89. The third-order valence-corrected chi connectivity index (χ3v) is 6.91. The van der Waals surface area contributed by atoms with E-state index in [2.05, 4.69) is 10.2 Å². The van der Waals surface area contributed by atoms with Crippen LogP contribution in [0, 0.1) is 5.82 Å². The number of hydrogen-bond acceptors (Lipinski definition) is 3. The van der Waals surface area contributed by atoms with Crippen LogP contribution in [0.1, 0.15) is 52.1 Å². The van der Waals surface area contributed by atoms with Crippen molar-refractivity contribution in [3.8, 4) is 11.3 Å². The summed E-state index contributed by atoms with van der Waals surface area (Å²) in [7, 11) is 0. The van der Waals surface area contributed by atoms with Crippen LogP contribution in [0.2, 0.25) is 10.0 Å². The number of hydrogen-bond donors (Lipinski definition) is 1. The van der Waals surface area contributed by atoms with Crippen molar-refractivity contribution in [3.05, 3.63) is 112 Å². The molecule has 1 fully saturated rings. The topological polar surface area (TPSA) is 66.1 Å². The van der Waals surface area contributed by atoms with E-state index in [1.165, 1.54) is 13.0 Å². The molecule has 1 aromatic heterocycles. The number of amides is 1. The van der Waals surface area contributed by atoms with E-state index in [0.717, 1.165) is 29.7 Å². The van der Waals surface area contributed by atoms with Crippen LogP contribution in [-0.2, 0) is 0 Å². The van der Waals surface area contributed by atoms with Crippen LogP contribution in [0.5, 0.6) is 0 Å². The van der Waals surface area contributed by atoms with Crippen molar-refractivity contribution in [1.29, 1.82) is 0 Å². The number of H-pyrrole nitrogens is 1. The van der Waals surface area contributed by atoms with Crippen LogP contribution in [-0.4, -0.2) is 39.9 Å². The Labute approximate surface area is 225 Å². The molecule has 0 atom stereocenters. The molecule has 37 heavy (non-hydrogen) atoms. The van der Waals surface area contributed by atoms with Gasteiger partial charge in [-0.15, -0.1) is 0 Å². The van der Waals surface area contributed by atoms with Gasteiger partial charge in [-0.1, -0.05) is 65.7 Å². The Bertz CT molecular complexity index is 1380. The summed E-state index contributed by atoms with van der Waals surface area (Å²) >= 11 is 11.6. The smallest absolute Gasteiger partial charge is 0.274 e. The first kappa shape index (κ1) is 26.6. The summed E-state index contributed by atoms with van der Waals surface area (Å²) in [6, 6.07) is 23.0. The Balaban J connectivity index is 0.000000270. The molecule has 0 aliphatic carbocycles. The second kappa shape index (κ2) is 12.2. The quantitative estimate of drug-likeness (QED) is 0.275. The van der Waals surface area contributed by atoms with E-state index < -0.39 is 0 Å². The third kappa shape index (κ3) is 6.64. The molecule has 1 aliphatic heterocycles. The van der Waals surface area contributed by atoms with Gasteiger partial charge >= 0.3 is 0 Å². The SMILES string of the molecule is CC(=O)c1ccccc1Cl.O=C(c1cc(-c2ccc(Cl)cc2)[nH]n1)N1CCC(c2ccccc2F)CC1. The van der Waals surface area contributed by atoms with E-state index in [0.29, 0.717) is 34.4 Å². The molecule has 5 rings (SSSR count). The maximum atomic E-state index is 14.0. The molecule has 1 N–H and O–H groups in total. The highest BCUT2D eigenvalue weighted by Crippen LogP contribution is 2.30. The van der Waals surface area contributed by atoms with Gasteiger partial charge in [-0.3, -0.25) is 14.7 Å². The molecule has 0 spiro atoms. The fourth-order valence-electron chi connectivity index (χ4n) is 4.32. The normalized spacial score (nSPS) is 13.6. The van der Waals surface area contributed by atoms with Crippen molar-refractivity contribution in [2.24, 2.45) is 0 Å². The van der Waals surface area contributed by atoms with Crippen molar-refractivity contribution in [3.63, 3.8) is 0 Å². The molecule has 2 heterocycles. The van der Waals surface area contributed by atoms with E-state index in [4.69, 9.17) is 23.2 Å². The van der Waals surface area contributed by atoms with Gasteiger partial charge < -0.3 is 4.90 Å². The van der Waals surface area contributed by atoms with Crippen LogP contribution < -0.4 is 0 Å². The zero-order valence-corrected chi connectivity index (χ0v) is 21.8. The van der Waals surface area contributed by atoms with E-state index in [1.807, 2.05) is 24.3 Å². The molecule has 1 amide bonds. The molecule has 1 saturated heterocycles. The standard InChI is InChI=1S/C21H19ClFN3O.C8H7ClO/c22-16-7-5-15(6-8-16)19-13-20(25-24-19)21(27)26-11-9-14(10-12-26)17-3-1-2-4-18(17)23;1-6(10)7-4-2-3-5-8(7)9/h1-8,13-14H,9-12H2,(H,24,25);2-5H,1H3. The highest BCUT2D eigenvalue weighted by Gasteiger charge is 2.27. The Morgan fingerprint density at radius 1 is 0.946 bits per heavy atom. The number of rotatable bonds is 4. The zero-order valence-electron chi connectivity index (χ0n) is 20.3. The number of nitrogens with zero attached hydrogens (tertiary/aromatic N) is 2. The summed E-state index contributed by atoms with van der Waals surface area (Å²) in [6.45, 7) is 2.70. The van der Waals surface area contributed by atoms with Gasteiger partial charge in [0.15, 0.2) is 11.5 Å². The first-order valence-electron chi connectivity index (χ1n) is 11.9. The van der Waals surface area contributed by atoms with Crippen molar-refractivity contribution in [2.45, 2.75) is 25.7 Å². The number of likely N-dealkylation sites (tertiary alicyclic amines) is 1. The van der Waals surface area contributed by atoms with Gasteiger partial charge in [0.25, 0.3) is 5.91 Å². The highest BCUT2D eigenvalue weighted by molar-refractivity contribution is 6.33. The second-order valence-corrected chi connectivity index (χ2v) is 9.64. The third-order valence-electron chi connectivity index (χ3n) is 6.33. The van der Waals surface area contributed by atoms with Crippen molar-refractivity contribution in [2.75, 3.05) is 13.1 Å². The molecule has 0 saturated carbocycles. The van der Waals surface area contributed by atoms with Crippen molar-refractivity contribution < 1.29 is 14.0 Å². The second-order valence-electron chi connectivity index (χ2n) is 8.80. The van der Waals surface area contributed by atoms with Gasteiger partial charge in [-0.2, -0.15) is 5.10 Å². The summed E-state index contributed by atoms with van der Waals surface area (Å²) in [6.07, 6.45) is 1.50. The van der Waals surface area contributed by atoms with E-state index in [1.54, 1.807) is 53.4 Å². The van der Waals surface area contributed by atoms with Gasteiger partial charge in [-0.25, -0.2) is 4.39 Å². The summed E-state index contributed by atoms with van der Waals surface area (Å²) in [5.74, 6) is -0.106. The lowest BCUT2D eigenvalue weighted by molar-refractivity contribution is 0.0706. The first-order chi connectivity index (χ1) is 17.8. The summed E-state index contributed by atoms with van der Waals surface area (Å²) in [5, 5.41) is 8.27. The number of benzene rings is 3. The van der Waals surface area contributed by atoms with E-state index >= 15 is 0 Å². The number of carbonyl (C=O) groups excluding carboxylic acids is 2. The largest absolute Gasteiger partial charge is 0.337 e. The number of ketones is 1. The number of carbonyl (C=O) groups is 2. The molecular formula is C29H26Cl2FN3O2. The van der Waals surface area contributed by atoms with Crippen molar-refractivity contribution >= 4 is 34.9 Å². The number of aromatic nitrogens is 2. The minimum absolute atomic E-state index is 0.00519. The number of halogens is 3. The lowest BCUT2D eigenvalue weighted by Gasteiger charge is -2.31. The van der Waals surface area contributed by atoms with Gasteiger partial charge in [0.1, 0.15) is 5.82 Å². The van der Waals surface area contributed by atoms with E-state index in [9.17, 15) is 14.0 Å². The molecule has 190 valence electrons. The first-order valence-corrected chi connectivity index (χ1v) is 12.7. The Kier molecular flexibility index (Phi) is 8.74. The fourth-order valence-corrected chi connectivity index (χ4v) is 4.71. The molecule has 0 unspecified atom stereocenters. The van der Waals surface area contributed by atoms with Gasteiger partial charge in [0, 0.05) is 23.7 Å². The summed E-state index contributed by atoms with van der Waals surface area (Å²) in [4.78, 5) is 25.3. The molecule has 1 aliphatic rings. The van der Waals surface area contributed by atoms with Crippen LogP contribution >= 0.6 is 23.2 Å². The van der Waals surface area contributed by atoms with Crippen LogP contribution in [0.15, 0.2) is 78.9 Å². The van der Waals surface area contributed by atoms with Crippen LogP contribution in [0.4, 0.5) is 4.39 Å². The molecular weight excluding hydrogens is 512 g/mol. The molecule has 4 aromatic rings. The predicted molar refractivity (Wildman–Crippen MR) is 145 cm³/mol. The summed E-state index contributed by atoms with van der Waals surface area (Å²) < 4.78 is 14.0. The minimum atomic E-state index is -0.165. The van der Waals surface area contributed by atoms with Crippen LogP contribution in [0.3, 0.4) is 0 Å². The number of nitrogens with one attached hydrogen (secondary N) is 1. The average molecular weight is 538 g/mol. The Morgan fingerprint density at radius 2 is 1.59 bits per heavy atom. The minimum Gasteiger partial charge on any atom is -0.337 e. The monoisotopic (exact) mass is 537 g/mol. The average Bonchev–Trinajstić information content (AvgIpc) is 3.40. The fraction of sp³-hybridized carbons (Fsp3) is 0.207. The molecule has 0 radical (unpaired) electrons. The maximum absolute atomic E-state index is 14.0. The molecule has 5 nitrogen and oxygen atoms in total. The Hall–Kier alpha value is -3.48. The van der Waals surface area contributed by atoms with E-state index in [-0.39, 0.29) is 23.4 Å². The molecule has 8 heteroatoms. The molecule has 3 aromatic carbocycles. The number of aromatic amines is 1. The summed E-state index contributed by atoms with van der Waals surface area (Å²) in [5.41, 5.74) is 3.42. The zero-order chi connectivity index (χ0) is 26.4. The molecule has 0 bridgehead atoms.